The minimum atomic E-state index is -3.42. The second kappa shape index (κ2) is 7.37. The zero-order chi connectivity index (χ0) is 18.9. The lowest BCUT2D eigenvalue weighted by Crippen LogP contribution is -2.48. The zero-order valence-electron chi connectivity index (χ0n) is 14.6. The second-order valence-electron chi connectivity index (χ2n) is 6.57. The van der Waals surface area contributed by atoms with Crippen LogP contribution < -0.4 is 4.72 Å². The van der Waals surface area contributed by atoms with Gasteiger partial charge in [0.2, 0.25) is 21.8 Å². The summed E-state index contributed by atoms with van der Waals surface area (Å²) in [7, 11) is -3.42. The highest BCUT2D eigenvalue weighted by Gasteiger charge is 2.37. The van der Waals surface area contributed by atoms with Gasteiger partial charge in [0.15, 0.2) is 0 Å². The first-order valence-corrected chi connectivity index (χ1v) is 10.3. The SMILES string of the molecule is O=C(CNS(=O)(=O)C1CC1)N1CCOCC1c1nc(-c2ccccc2)no1. The Morgan fingerprint density at radius 1 is 1.26 bits per heavy atom. The molecule has 1 aliphatic heterocycles. The van der Waals surface area contributed by atoms with Crippen LogP contribution >= 0.6 is 0 Å². The van der Waals surface area contributed by atoms with Crippen molar-refractivity contribution < 1.29 is 22.5 Å². The first-order chi connectivity index (χ1) is 13.0. The van der Waals surface area contributed by atoms with Gasteiger partial charge in [0.25, 0.3) is 5.89 Å². The van der Waals surface area contributed by atoms with E-state index < -0.39 is 16.1 Å². The van der Waals surface area contributed by atoms with Crippen LogP contribution in [-0.2, 0) is 19.6 Å². The Hall–Kier alpha value is -2.30. The van der Waals surface area contributed by atoms with E-state index in [4.69, 9.17) is 9.26 Å². The number of aromatic nitrogens is 2. The summed E-state index contributed by atoms with van der Waals surface area (Å²) in [5.74, 6) is 0.358. The molecule has 1 N–H and O–H groups in total. The predicted octanol–water partition coefficient (Wildman–Crippen LogP) is 0.718. The molecule has 27 heavy (non-hydrogen) atoms. The van der Waals surface area contributed by atoms with Gasteiger partial charge in [-0.1, -0.05) is 35.5 Å². The van der Waals surface area contributed by atoms with E-state index in [9.17, 15) is 13.2 Å². The number of nitrogens with zero attached hydrogens (tertiary/aromatic N) is 3. The number of amides is 1. The second-order valence-corrected chi connectivity index (χ2v) is 8.61. The maximum Gasteiger partial charge on any atom is 0.252 e. The molecule has 1 aliphatic carbocycles. The first kappa shape index (κ1) is 18.1. The quantitative estimate of drug-likeness (QED) is 0.770. The van der Waals surface area contributed by atoms with Gasteiger partial charge in [-0.15, -0.1) is 0 Å². The molecule has 0 radical (unpaired) electrons. The maximum atomic E-state index is 12.6. The topological polar surface area (TPSA) is 115 Å². The fraction of sp³-hybridized carbons (Fsp3) is 0.471. The van der Waals surface area contributed by atoms with E-state index in [1.165, 1.54) is 4.90 Å². The summed E-state index contributed by atoms with van der Waals surface area (Å²) in [6, 6.07) is 8.82. The molecular formula is C17H20N4O5S. The number of rotatable bonds is 6. The number of sulfonamides is 1. The van der Waals surface area contributed by atoms with Crippen molar-refractivity contribution >= 4 is 15.9 Å². The van der Waals surface area contributed by atoms with E-state index in [1.54, 1.807) is 0 Å². The molecule has 1 aromatic carbocycles. The number of benzene rings is 1. The van der Waals surface area contributed by atoms with Crippen molar-refractivity contribution in [1.82, 2.24) is 19.8 Å². The maximum absolute atomic E-state index is 12.6. The third-order valence-corrected chi connectivity index (χ3v) is 6.49. The molecule has 1 unspecified atom stereocenters. The van der Waals surface area contributed by atoms with E-state index >= 15 is 0 Å². The van der Waals surface area contributed by atoms with Crippen LogP contribution in [0, 0.1) is 0 Å². The molecule has 2 aromatic rings. The van der Waals surface area contributed by atoms with Crippen LogP contribution in [-0.4, -0.2) is 60.9 Å². The molecule has 4 rings (SSSR count). The van der Waals surface area contributed by atoms with Crippen LogP contribution in [0.15, 0.2) is 34.9 Å². The molecule has 2 fully saturated rings. The lowest BCUT2D eigenvalue weighted by Gasteiger charge is -2.33. The Kier molecular flexibility index (Phi) is 4.94. The third kappa shape index (κ3) is 4.02. The molecular weight excluding hydrogens is 372 g/mol. The van der Waals surface area contributed by atoms with Gasteiger partial charge in [-0.3, -0.25) is 4.79 Å². The van der Waals surface area contributed by atoms with Crippen molar-refractivity contribution in [3.63, 3.8) is 0 Å². The summed E-state index contributed by atoms with van der Waals surface area (Å²) < 4.78 is 37.1. The molecule has 0 bridgehead atoms. The molecule has 1 amide bonds. The van der Waals surface area contributed by atoms with Crippen LogP contribution in [0.3, 0.4) is 0 Å². The molecule has 0 spiro atoms. The Labute approximate surface area is 156 Å². The van der Waals surface area contributed by atoms with Crippen LogP contribution in [0.4, 0.5) is 0 Å². The van der Waals surface area contributed by atoms with Gasteiger partial charge in [-0.05, 0) is 12.8 Å². The number of ether oxygens (including phenoxy) is 1. The Morgan fingerprint density at radius 3 is 2.78 bits per heavy atom. The van der Waals surface area contributed by atoms with E-state index in [2.05, 4.69) is 14.9 Å². The van der Waals surface area contributed by atoms with Gasteiger partial charge in [0, 0.05) is 12.1 Å². The molecule has 1 saturated carbocycles. The predicted molar refractivity (Wildman–Crippen MR) is 95.0 cm³/mol. The monoisotopic (exact) mass is 392 g/mol. The summed E-state index contributed by atoms with van der Waals surface area (Å²) in [6.45, 7) is 0.640. The van der Waals surface area contributed by atoms with Crippen LogP contribution in [0.25, 0.3) is 11.4 Å². The average molecular weight is 392 g/mol. The van der Waals surface area contributed by atoms with Crippen LogP contribution in [0.1, 0.15) is 24.8 Å². The van der Waals surface area contributed by atoms with Crippen molar-refractivity contribution in [2.75, 3.05) is 26.3 Å². The normalized spacial score (nSPS) is 20.6. The smallest absolute Gasteiger partial charge is 0.252 e. The van der Waals surface area contributed by atoms with Crippen molar-refractivity contribution in [2.24, 2.45) is 0 Å². The summed E-state index contributed by atoms with van der Waals surface area (Å²) >= 11 is 0. The number of hydrogen-bond acceptors (Lipinski definition) is 7. The molecule has 1 aromatic heterocycles. The van der Waals surface area contributed by atoms with Gasteiger partial charge in [-0.25, -0.2) is 13.1 Å². The van der Waals surface area contributed by atoms with Gasteiger partial charge in [-0.2, -0.15) is 4.98 Å². The fourth-order valence-electron chi connectivity index (χ4n) is 2.94. The third-order valence-electron chi connectivity index (χ3n) is 4.60. The summed E-state index contributed by atoms with van der Waals surface area (Å²) in [4.78, 5) is 18.5. The summed E-state index contributed by atoms with van der Waals surface area (Å²) in [6.07, 6.45) is 1.29. The number of carbonyl (C=O) groups is 1. The molecule has 2 heterocycles. The lowest BCUT2D eigenvalue weighted by atomic mass is 10.2. The summed E-state index contributed by atoms with van der Waals surface area (Å²) in [5, 5.41) is 3.62. The molecule has 10 heteroatoms. The van der Waals surface area contributed by atoms with E-state index in [1.807, 2.05) is 30.3 Å². The largest absolute Gasteiger partial charge is 0.377 e. The van der Waals surface area contributed by atoms with E-state index in [0.29, 0.717) is 31.8 Å². The minimum absolute atomic E-state index is 0.220. The molecule has 1 atom stereocenters. The Balaban J connectivity index is 1.47. The Morgan fingerprint density at radius 2 is 2.04 bits per heavy atom. The number of nitrogens with one attached hydrogen (secondary N) is 1. The minimum Gasteiger partial charge on any atom is -0.377 e. The van der Waals surface area contributed by atoms with Gasteiger partial charge in [0.1, 0.15) is 6.04 Å². The van der Waals surface area contributed by atoms with Gasteiger partial charge in [0.05, 0.1) is 25.0 Å². The number of hydrogen-bond donors (Lipinski definition) is 1. The summed E-state index contributed by atoms with van der Waals surface area (Å²) in [5.41, 5.74) is 0.805. The molecule has 144 valence electrons. The van der Waals surface area contributed by atoms with Crippen LogP contribution in [0.5, 0.6) is 0 Å². The van der Waals surface area contributed by atoms with Crippen LogP contribution in [0.2, 0.25) is 0 Å². The molecule has 1 saturated heterocycles. The van der Waals surface area contributed by atoms with Crippen molar-refractivity contribution in [3.8, 4) is 11.4 Å². The van der Waals surface area contributed by atoms with Crippen molar-refractivity contribution in [3.05, 3.63) is 36.2 Å². The van der Waals surface area contributed by atoms with Gasteiger partial charge < -0.3 is 14.2 Å². The van der Waals surface area contributed by atoms with Crippen molar-refractivity contribution in [1.29, 1.82) is 0 Å². The highest BCUT2D eigenvalue weighted by molar-refractivity contribution is 7.90. The zero-order valence-corrected chi connectivity index (χ0v) is 15.4. The fourth-order valence-corrected chi connectivity index (χ4v) is 4.26. The number of carbonyl (C=O) groups excluding carboxylic acids is 1. The van der Waals surface area contributed by atoms with E-state index in [-0.39, 0.29) is 30.2 Å². The highest BCUT2D eigenvalue weighted by Crippen LogP contribution is 2.28. The van der Waals surface area contributed by atoms with Gasteiger partial charge >= 0.3 is 0 Å². The number of morpholine rings is 1. The Bertz CT molecular complexity index is 910. The average Bonchev–Trinajstić information content (AvgIpc) is 3.45. The first-order valence-electron chi connectivity index (χ1n) is 8.79. The molecule has 9 nitrogen and oxygen atoms in total. The van der Waals surface area contributed by atoms with E-state index in [0.717, 1.165) is 5.56 Å². The lowest BCUT2D eigenvalue weighted by molar-refractivity contribution is -0.140. The highest BCUT2D eigenvalue weighted by atomic mass is 32.2. The molecule has 2 aliphatic rings. The standard InChI is InChI=1S/C17H20N4O5S/c22-15(10-18-27(23,24)13-6-7-13)21-8-9-25-11-14(21)17-19-16(20-26-17)12-4-2-1-3-5-12/h1-5,13-14,18H,6-11H2. The van der Waals surface area contributed by atoms with Crippen molar-refractivity contribution in [2.45, 2.75) is 24.1 Å².